The minimum Gasteiger partial charge on any atom is -0.346 e. The third kappa shape index (κ3) is 4.71. The van der Waals surface area contributed by atoms with E-state index in [1.54, 1.807) is 13.0 Å². The van der Waals surface area contributed by atoms with Gasteiger partial charge < -0.3 is 4.90 Å². The van der Waals surface area contributed by atoms with Crippen LogP contribution in [0.15, 0.2) is 16.7 Å². The zero-order valence-corrected chi connectivity index (χ0v) is 11.4. The van der Waals surface area contributed by atoms with Crippen LogP contribution in [0.3, 0.4) is 0 Å². The van der Waals surface area contributed by atoms with E-state index in [4.69, 9.17) is 11.6 Å². The van der Waals surface area contributed by atoms with Crippen LogP contribution >= 0.6 is 27.5 Å². The van der Waals surface area contributed by atoms with Crippen molar-refractivity contribution < 1.29 is 13.2 Å². The van der Waals surface area contributed by atoms with E-state index in [0.717, 1.165) is 14.9 Å². The fraction of sp³-hybridized carbons (Fsp3) is 0.500. The summed E-state index contributed by atoms with van der Waals surface area (Å²) >= 11 is 8.75. The highest BCUT2D eigenvalue weighted by molar-refractivity contribution is 9.10. The van der Waals surface area contributed by atoms with Gasteiger partial charge in [-0.25, -0.2) is 4.98 Å². The molecule has 0 atom stereocenters. The molecular formula is C10H11BrClF3N2. The zero-order valence-electron chi connectivity index (χ0n) is 9.06. The van der Waals surface area contributed by atoms with Crippen LogP contribution in [0.25, 0.3) is 0 Å². The molecule has 0 aromatic carbocycles. The molecule has 1 aromatic heterocycles. The first kappa shape index (κ1) is 14.6. The molecule has 96 valence electrons. The lowest BCUT2D eigenvalue weighted by Gasteiger charge is -2.24. The molecule has 0 unspecified atom stereocenters. The average molecular weight is 332 g/mol. The highest BCUT2D eigenvalue weighted by Gasteiger charge is 2.31. The first-order valence-corrected chi connectivity index (χ1v) is 6.16. The number of aryl methyl sites for hydroxylation is 1. The second-order valence-electron chi connectivity index (χ2n) is 3.52. The van der Waals surface area contributed by atoms with Crippen LogP contribution < -0.4 is 4.90 Å². The molecule has 0 spiro atoms. The molecule has 0 aliphatic carbocycles. The maximum absolute atomic E-state index is 12.4. The zero-order chi connectivity index (χ0) is 13.1. The standard InChI is InChI=1S/C10H11BrClF3N2/c1-7-4-9(16-5-8(7)11)17(3-2-12)6-10(13,14)15/h4-5H,2-3,6H2,1H3. The Kier molecular flexibility index (Phi) is 5.06. The Hall–Kier alpha value is -0.490. The maximum atomic E-state index is 12.4. The number of halogens is 5. The normalized spacial score (nSPS) is 11.6. The Morgan fingerprint density at radius 3 is 2.59 bits per heavy atom. The number of rotatable bonds is 4. The lowest BCUT2D eigenvalue weighted by molar-refractivity contribution is -0.119. The van der Waals surface area contributed by atoms with E-state index in [9.17, 15) is 13.2 Å². The first-order valence-electron chi connectivity index (χ1n) is 4.83. The molecule has 0 fully saturated rings. The highest BCUT2D eigenvalue weighted by atomic mass is 79.9. The maximum Gasteiger partial charge on any atom is 0.405 e. The van der Waals surface area contributed by atoms with Gasteiger partial charge in [0.1, 0.15) is 12.4 Å². The van der Waals surface area contributed by atoms with Crippen molar-refractivity contribution >= 4 is 33.3 Å². The monoisotopic (exact) mass is 330 g/mol. The molecule has 1 rings (SSSR count). The van der Waals surface area contributed by atoms with Crippen LogP contribution in [0.4, 0.5) is 19.0 Å². The van der Waals surface area contributed by atoms with Crippen LogP contribution in [0.1, 0.15) is 5.56 Å². The van der Waals surface area contributed by atoms with Crippen LogP contribution in [0.5, 0.6) is 0 Å². The van der Waals surface area contributed by atoms with Gasteiger partial charge in [0.15, 0.2) is 0 Å². The summed E-state index contributed by atoms with van der Waals surface area (Å²) in [6.07, 6.45) is -2.78. The molecule has 0 aliphatic heterocycles. The number of pyridine rings is 1. The number of anilines is 1. The second kappa shape index (κ2) is 5.91. The molecule has 17 heavy (non-hydrogen) atoms. The molecule has 2 nitrogen and oxygen atoms in total. The van der Waals surface area contributed by atoms with Gasteiger partial charge in [-0.1, -0.05) is 0 Å². The quantitative estimate of drug-likeness (QED) is 0.781. The number of hydrogen-bond acceptors (Lipinski definition) is 2. The second-order valence-corrected chi connectivity index (χ2v) is 4.75. The fourth-order valence-electron chi connectivity index (χ4n) is 1.29. The summed E-state index contributed by atoms with van der Waals surface area (Å²) in [6, 6.07) is 1.60. The molecule has 0 aliphatic rings. The summed E-state index contributed by atoms with van der Waals surface area (Å²) in [6.45, 7) is 0.852. The topological polar surface area (TPSA) is 16.1 Å². The van der Waals surface area contributed by atoms with E-state index in [1.165, 1.54) is 6.20 Å². The fourth-order valence-corrected chi connectivity index (χ4v) is 1.71. The minimum atomic E-state index is -4.27. The molecule has 0 radical (unpaired) electrons. The van der Waals surface area contributed by atoms with Crippen LogP contribution in [-0.4, -0.2) is 30.1 Å². The summed E-state index contributed by atoms with van der Waals surface area (Å²) in [5.74, 6) is 0.399. The van der Waals surface area contributed by atoms with Gasteiger partial charge in [-0.15, -0.1) is 11.6 Å². The van der Waals surface area contributed by atoms with Crippen molar-refractivity contribution in [3.63, 3.8) is 0 Å². The van der Waals surface area contributed by atoms with Crippen LogP contribution in [0, 0.1) is 6.92 Å². The summed E-state index contributed by atoms with van der Waals surface area (Å²) in [5.41, 5.74) is 0.830. The van der Waals surface area contributed by atoms with Crippen molar-refractivity contribution in [3.8, 4) is 0 Å². The molecule has 1 aromatic rings. The Morgan fingerprint density at radius 2 is 2.12 bits per heavy atom. The van der Waals surface area contributed by atoms with Crippen molar-refractivity contribution in [2.24, 2.45) is 0 Å². The van der Waals surface area contributed by atoms with Crippen LogP contribution in [0.2, 0.25) is 0 Å². The number of aromatic nitrogens is 1. The lowest BCUT2D eigenvalue weighted by Crippen LogP contribution is -2.36. The Bertz CT molecular complexity index is 384. The van der Waals surface area contributed by atoms with Crippen molar-refractivity contribution in [1.29, 1.82) is 0 Å². The molecule has 1 heterocycles. The number of alkyl halides is 4. The van der Waals surface area contributed by atoms with E-state index in [0.29, 0.717) is 0 Å². The van der Waals surface area contributed by atoms with Crippen LogP contribution in [-0.2, 0) is 0 Å². The SMILES string of the molecule is Cc1cc(N(CCCl)CC(F)(F)F)ncc1Br. The van der Waals surface area contributed by atoms with Gasteiger partial charge in [-0.05, 0) is 34.5 Å². The molecular weight excluding hydrogens is 320 g/mol. The lowest BCUT2D eigenvalue weighted by atomic mass is 10.3. The smallest absolute Gasteiger partial charge is 0.346 e. The first-order chi connectivity index (χ1) is 7.83. The van der Waals surface area contributed by atoms with E-state index in [-0.39, 0.29) is 18.2 Å². The minimum absolute atomic E-state index is 0.106. The van der Waals surface area contributed by atoms with Gasteiger partial charge in [-0.2, -0.15) is 13.2 Å². The summed E-state index contributed by atoms with van der Waals surface area (Å²) in [5, 5.41) is 0. The number of hydrogen-bond donors (Lipinski definition) is 0. The third-order valence-electron chi connectivity index (χ3n) is 2.08. The largest absolute Gasteiger partial charge is 0.405 e. The Balaban J connectivity index is 2.93. The predicted octanol–water partition coefficient (Wildman–Crippen LogP) is 3.76. The van der Waals surface area contributed by atoms with E-state index in [2.05, 4.69) is 20.9 Å². The summed E-state index contributed by atoms with van der Waals surface area (Å²) in [7, 11) is 0. The molecule has 0 amide bonds. The summed E-state index contributed by atoms with van der Waals surface area (Å²) in [4.78, 5) is 5.08. The van der Waals surface area contributed by atoms with Gasteiger partial charge in [0.25, 0.3) is 0 Å². The van der Waals surface area contributed by atoms with E-state index in [1.807, 2.05) is 0 Å². The van der Waals surface area contributed by atoms with Crippen molar-refractivity contribution in [1.82, 2.24) is 4.98 Å². The van der Waals surface area contributed by atoms with Gasteiger partial charge in [-0.3, -0.25) is 0 Å². The van der Waals surface area contributed by atoms with E-state index >= 15 is 0 Å². The average Bonchev–Trinajstić information content (AvgIpc) is 2.19. The van der Waals surface area contributed by atoms with Gasteiger partial charge in [0.2, 0.25) is 0 Å². The van der Waals surface area contributed by atoms with Crippen molar-refractivity contribution in [3.05, 3.63) is 22.3 Å². The Morgan fingerprint density at radius 1 is 1.47 bits per heavy atom. The molecule has 0 bridgehead atoms. The number of nitrogens with zero attached hydrogens (tertiary/aromatic N) is 2. The highest BCUT2D eigenvalue weighted by Crippen LogP contribution is 2.23. The molecule has 7 heteroatoms. The molecule has 0 saturated carbocycles. The predicted molar refractivity (Wildman–Crippen MR) is 65.7 cm³/mol. The van der Waals surface area contributed by atoms with Crippen molar-refractivity contribution in [2.75, 3.05) is 23.9 Å². The Labute approximate surface area is 111 Å². The molecule has 0 saturated heterocycles. The van der Waals surface area contributed by atoms with Gasteiger partial charge in [0, 0.05) is 23.1 Å². The van der Waals surface area contributed by atoms with Crippen molar-refractivity contribution in [2.45, 2.75) is 13.1 Å². The summed E-state index contributed by atoms with van der Waals surface area (Å²) < 4.78 is 37.9. The van der Waals surface area contributed by atoms with E-state index < -0.39 is 12.7 Å². The third-order valence-corrected chi connectivity index (χ3v) is 3.08. The van der Waals surface area contributed by atoms with Gasteiger partial charge >= 0.3 is 6.18 Å². The van der Waals surface area contributed by atoms with Gasteiger partial charge in [0.05, 0.1) is 0 Å². The molecule has 0 N–H and O–H groups in total.